The third-order valence-corrected chi connectivity index (χ3v) is 3.82. The lowest BCUT2D eigenvalue weighted by Gasteiger charge is -2.23. The van der Waals surface area contributed by atoms with E-state index < -0.39 is 0 Å². The molecule has 2 atom stereocenters. The summed E-state index contributed by atoms with van der Waals surface area (Å²) in [6.07, 6.45) is 1.10. The first kappa shape index (κ1) is 10.6. The van der Waals surface area contributed by atoms with Crippen LogP contribution in [0.25, 0.3) is 0 Å². The van der Waals surface area contributed by atoms with Gasteiger partial charge in [0.15, 0.2) is 0 Å². The van der Waals surface area contributed by atoms with Crippen LogP contribution in [0.15, 0.2) is 24.3 Å². The van der Waals surface area contributed by atoms with Crippen LogP contribution in [0, 0.1) is 5.92 Å². The smallest absolute Gasteiger partial charge is 0.254 e. The fraction of sp³-hybridized carbons (Fsp3) is 0.462. The Bertz CT molecular complexity index is 430. The monoisotopic (exact) mass is 232 g/mol. The van der Waals surface area contributed by atoms with Gasteiger partial charge < -0.3 is 15.3 Å². The highest BCUT2D eigenvalue weighted by Gasteiger charge is 2.39. The fourth-order valence-corrected chi connectivity index (χ4v) is 2.87. The molecule has 4 nitrogen and oxygen atoms in total. The van der Waals surface area contributed by atoms with Crippen molar-refractivity contribution in [2.24, 2.45) is 5.92 Å². The molecule has 0 aliphatic carbocycles. The van der Waals surface area contributed by atoms with Crippen LogP contribution in [0.2, 0.25) is 0 Å². The number of phenolic OH excluding ortho intramolecular Hbond substituents is 1. The minimum absolute atomic E-state index is 0.0844. The topological polar surface area (TPSA) is 52.6 Å². The summed E-state index contributed by atoms with van der Waals surface area (Å²) in [4.78, 5) is 14.3. The van der Waals surface area contributed by atoms with E-state index in [1.807, 2.05) is 4.90 Å². The van der Waals surface area contributed by atoms with E-state index in [0.717, 1.165) is 26.1 Å². The zero-order chi connectivity index (χ0) is 11.8. The van der Waals surface area contributed by atoms with Crippen LogP contribution < -0.4 is 5.32 Å². The van der Waals surface area contributed by atoms with Gasteiger partial charge in [-0.2, -0.15) is 0 Å². The highest BCUT2D eigenvalue weighted by molar-refractivity contribution is 5.94. The molecule has 90 valence electrons. The third-order valence-electron chi connectivity index (χ3n) is 3.82. The molecule has 2 fully saturated rings. The Balaban J connectivity index is 1.80. The number of amides is 1. The Kier molecular flexibility index (Phi) is 2.52. The van der Waals surface area contributed by atoms with Crippen molar-refractivity contribution in [2.75, 3.05) is 19.6 Å². The molecule has 0 unspecified atom stereocenters. The number of likely N-dealkylation sites (tertiary alicyclic amines) is 1. The summed E-state index contributed by atoms with van der Waals surface area (Å²) in [5, 5.41) is 12.6. The number of rotatable bonds is 1. The van der Waals surface area contributed by atoms with E-state index in [4.69, 9.17) is 0 Å². The first-order chi connectivity index (χ1) is 8.25. The molecule has 4 heteroatoms. The van der Waals surface area contributed by atoms with Crippen LogP contribution in [0.1, 0.15) is 16.8 Å². The second-order valence-corrected chi connectivity index (χ2v) is 4.82. The number of fused-ring (bicyclic) bond motifs is 1. The van der Waals surface area contributed by atoms with E-state index in [1.54, 1.807) is 24.3 Å². The Morgan fingerprint density at radius 2 is 2.06 bits per heavy atom. The minimum atomic E-state index is 0.0844. The van der Waals surface area contributed by atoms with E-state index in [9.17, 15) is 9.90 Å². The molecule has 2 N–H and O–H groups in total. The average molecular weight is 232 g/mol. The van der Waals surface area contributed by atoms with Crippen LogP contribution in [0.5, 0.6) is 5.75 Å². The molecule has 1 aromatic rings. The largest absolute Gasteiger partial charge is 0.508 e. The van der Waals surface area contributed by atoms with Crippen molar-refractivity contribution in [3.63, 3.8) is 0 Å². The lowest BCUT2D eigenvalue weighted by molar-refractivity contribution is 0.0737. The number of aromatic hydroxyl groups is 1. The number of nitrogens with one attached hydrogen (secondary N) is 1. The highest BCUT2D eigenvalue weighted by atomic mass is 16.3. The number of phenols is 1. The summed E-state index contributed by atoms with van der Waals surface area (Å²) < 4.78 is 0. The van der Waals surface area contributed by atoms with E-state index in [0.29, 0.717) is 17.5 Å². The minimum Gasteiger partial charge on any atom is -0.508 e. The predicted molar refractivity (Wildman–Crippen MR) is 63.9 cm³/mol. The molecule has 0 saturated carbocycles. The predicted octanol–water partition coefficient (Wildman–Crippen LogP) is 0.826. The zero-order valence-electron chi connectivity index (χ0n) is 9.60. The van der Waals surface area contributed by atoms with Crippen LogP contribution >= 0.6 is 0 Å². The quantitative estimate of drug-likeness (QED) is 0.754. The Morgan fingerprint density at radius 1 is 1.29 bits per heavy atom. The molecule has 0 bridgehead atoms. The average Bonchev–Trinajstić information content (AvgIpc) is 2.90. The van der Waals surface area contributed by atoms with Gasteiger partial charge in [-0.15, -0.1) is 0 Å². The van der Waals surface area contributed by atoms with Gasteiger partial charge in [0.05, 0.1) is 0 Å². The van der Waals surface area contributed by atoms with Crippen molar-refractivity contribution in [1.82, 2.24) is 10.2 Å². The normalized spacial score (nSPS) is 27.2. The van der Waals surface area contributed by atoms with Gasteiger partial charge in [-0.3, -0.25) is 4.79 Å². The highest BCUT2D eigenvalue weighted by Crippen LogP contribution is 2.28. The maximum absolute atomic E-state index is 12.3. The summed E-state index contributed by atoms with van der Waals surface area (Å²) >= 11 is 0. The molecule has 1 amide bonds. The lowest BCUT2D eigenvalue weighted by Crippen LogP contribution is -2.39. The van der Waals surface area contributed by atoms with Gasteiger partial charge in [-0.05, 0) is 36.6 Å². The molecule has 1 aromatic carbocycles. The van der Waals surface area contributed by atoms with Gasteiger partial charge in [0.25, 0.3) is 5.91 Å². The van der Waals surface area contributed by atoms with Gasteiger partial charge >= 0.3 is 0 Å². The number of carbonyl (C=O) groups excluding carboxylic acids is 1. The Labute approximate surface area is 100 Å². The van der Waals surface area contributed by atoms with Gasteiger partial charge in [0, 0.05) is 31.2 Å². The summed E-state index contributed by atoms with van der Waals surface area (Å²) in [5.41, 5.74) is 0.662. The van der Waals surface area contributed by atoms with Gasteiger partial charge in [0.1, 0.15) is 5.75 Å². The molecule has 2 saturated heterocycles. The van der Waals surface area contributed by atoms with Crippen molar-refractivity contribution in [3.05, 3.63) is 29.8 Å². The first-order valence-corrected chi connectivity index (χ1v) is 6.06. The summed E-state index contributed by atoms with van der Waals surface area (Å²) in [5.74, 6) is 0.903. The molecule has 17 heavy (non-hydrogen) atoms. The number of benzene rings is 1. The molecule has 2 aliphatic rings. The number of hydrogen-bond donors (Lipinski definition) is 2. The van der Waals surface area contributed by atoms with Crippen molar-refractivity contribution >= 4 is 5.91 Å². The summed E-state index contributed by atoms with van der Waals surface area (Å²) in [6, 6.07) is 6.86. The Hall–Kier alpha value is -1.55. The molecule has 2 heterocycles. The summed E-state index contributed by atoms with van der Waals surface area (Å²) in [6.45, 7) is 2.80. The number of nitrogens with zero attached hydrogens (tertiary/aromatic N) is 1. The second kappa shape index (κ2) is 4.04. The molecule has 0 spiro atoms. The van der Waals surface area contributed by atoms with Crippen molar-refractivity contribution < 1.29 is 9.90 Å². The molecule has 0 aromatic heterocycles. The number of carbonyl (C=O) groups is 1. The van der Waals surface area contributed by atoms with Crippen molar-refractivity contribution in [2.45, 2.75) is 12.5 Å². The zero-order valence-corrected chi connectivity index (χ0v) is 9.60. The lowest BCUT2D eigenvalue weighted by atomic mass is 10.0. The summed E-state index contributed by atoms with van der Waals surface area (Å²) in [7, 11) is 0. The third kappa shape index (κ3) is 1.78. The van der Waals surface area contributed by atoms with Crippen molar-refractivity contribution in [1.29, 1.82) is 0 Å². The SMILES string of the molecule is O=C(c1ccc(O)cc1)N1CC[C@@H]2CNC[C@@H]21. The van der Waals surface area contributed by atoms with E-state index in [2.05, 4.69) is 5.32 Å². The van der Waals surface area contributed by atoms with Crippen LogP contribution in [0.4, 0.5) is 0 Å². The molecule has 2 aliphatic heterocycles. The van der Waals surface area contributed by atoms with Crippen LogP contribution in [-0.4, -0.2) is 41.6 Å². The molecular formula is C13H16N2O2. The molecule has 0 radical (unpaired) electrons. The maximum Gasteiger partial charge on any atom is 0.254 e. The van der Waals surface area contributed by atoms with Crippen LogP contribution in [-0.2, 0) is 0 Å². The maximum atomic E-state index is 12.3. The van der Waals surface area contributed by atoms with Gasteiger partial charge in [-0.1, -0.05) is 0 Å². The molecule has 3 rings (SSSR count). The van der Waals surface area contributed by atoms with Crippen molar-refractivity contribution in [3.8, 4) is 5.75 Å². The van der Waals surface area contributed by atoms with E-state index in [1.165, 1.54) is 0 Å². The fourth-order valence-electron chi connectivity index (χ4n) is 2.87. The van der Waals surface area contributed by atoms with Gasteiger partial charge in [0.2, 0.25) is 0 Å². The Morgan fingerprint density at radius 3 is 2.82 bits per heavy atom. The van der Waals surface area contributed by atoms with Crippen LogP contribution in [0.3, 0.4) is 0 Å². The van der Waals surface area contributed by atoms with Gasteiger partial charge in [-0.25, -0.2) is 0 Å². The standard InChI is InChI=1S/C13H16N2O2/c16-11-3-1-9(2-4-11)13(17)15-6-5-10-7-14-8-12(10)15/h1-4,10,12,14,16H,5-8H2/t10-,12+/m1/s1. The van der Waals surface area contributed by atoms with E-state index in [-0.39, 0.29) is 11.7 Å². The van der Waals surface area contributed by atoms with E-state index >= 15 is 0 Å². The first-order valence-electron chi connectivity index (χ1n) is 6.06. The molecular weight excluding hydrogens is 216 g/mol. The number of hydrogen-bond acceptors (Lipinski definition) is 3. The second-order valence-electron chi connectivity index (χ2n) is 4.82.